The summed E-state index contributed by atoms with van der Waals surface area (Å²) in [7, 11) is 0. The Hall–Kier alpha value is -2.07. The van der Waals surface area contributed by atoms with E-state index in [1.807, 2.05) is 68.4 Å². The highest BCUT2D eigenvalue weighted by molar-refractivity contribution is 5.64. The number of hydrogen-bond donors (Lipinski definition) is 0. The van der Waals surface area contributed by atoms with Crippen LogP contribution in [-0.2, 0) is 0 Å². The zero-order chi connectivity index (χ0) is 11.8. The molecule has 2 aromatic carbocycles. The van der Waals surface area contributed by atoms with Crippen molar-refractivity contribution >= 4 is 0 Å². The van der Waals surface area contributed by atoms with E-state index in [0.29, 0.717) is 5.56 Å². The summed E-state index contributed by atoms with van der Waals surface area (Å²) in [5.41, 5.74) is 2.93. The summed E-state index contributed by atoms with van der Waals surface area (Å²) in [6.45, 7) is 4.00. The lowest BCUT2D eigenvalue weighted by atomic mass is 10.0. The summed E-state index contributed by atoms with van der Waals surface area (Å²) < 4.78 is 0. The van der Waals surface area contributed by atoms with Crippen molar-refractivity contribution in [3.63, 3.8) is 0 Å². The van der Waals surface area contributed by atoms with E-state index in [2.05, 4.69) is 6.07 Å². The summed E-state index contributed by atoms with van der Waals surface area (Å²) in [5, 5.41) is 8.76. The molecule has 0 spiro atoms. The van der Waals surface area contributed by atoms with Crippen molar-refractivity contribution in [3.8, 4) is 17.2 Å². The Morgan fingerprint density at radius 3 is 2.06 bits per heavy atom. The minimum Gasteiger partial charge on any atom is -0.192 e. The molecule has 0 heterocycles. The molecule has 0 aromatic heterocycles. The third-order valence-corrected chi connectivity index (χ3v) is 2.10. The third-order valence-electron chi connectivity index (χ3n) is 2.10. The van der Waals surface area contributed by atoms with E-state index in [0.717, 1.165) is 11.1 Å². The van der Waals surface area contributed by atoms with E-state index >= 15 is 0 Å². The van der Waals surface area contributed by atoms with Gasteiger partial charge in [0.15, 0.2) is 0 Å². The number of nitrogens with zero attached hydrogens (tertiary/aromatic N) is 1. The van der Waals surface area contributed by atoms with Crippen LogP contribution in [0.5, 0.6) is 0 Å². The van der Waals surface area contributed by atoms with Gasteiger partial charge in [-0.15, -0.1) is 0 Å². The Morgan fingerprint density at radius 1 is 0.812 bits per heavy atom. The van der Waals surface area contributed by atoms with Crippen LogP contribution in [0, 0.1) is 11.3 Å². The van der Waals surface area contributed by atoms with Gasteiger partial charge in [0, 0.05) is 0 Å². The molecule has 0 N–H and O–H groups in total. The molecular weight excluding hydrogens is 194 g/mol. The molecule has 0 unspecified atom stereocenters. The SMILES string of the molecule is CC.N#Cc1cccc(-c2ccccc2)c1. The fraction of sp³-hybridized carbons (Fsp3) is 0.133. The fourth-order valence-corrected chi connectivity index (χ4v) is 1.40. The fourth-order valence-electron chi connectivity index (χ4n) is 1.40. The highest BCUT2D eigenvalue weighted by Gasteiger charge is 1.96. The van der Waals surface area contributed by atoms with Crippen molar-refractivity contribution in [1.82, 2.24) is 0 Å². The van der Waals surface area contributed by atoms with Crippen molar-refractivity contribution in [2.75, 3.05) is 0 Å². The molecule has 0 saturated carbocycles. The monoisotopic (exact) mass is 209 g/mol. The van der Waals surface area contributed by atoms with Gasteiger partial charge in [-0.25, -0.2) is 0 Å². The van der Waals surface area contributed by atoms with E-state index in [4.69, 9.17) is 5.26 Å². The van der Waals surface area contributed by atoms with Crippen LogP contribution in [0.1, 0.15) is 19.4 Å². The standard InChI is InChI=1S/C13H9N.C2H6/c14-10-11-5-4-8-13(9-11)12-6-2-1-3-7-12;1-2/h1-9H;1-2H3. The van der Waals surface area contributed by atoms with Crippen LogP contribution in [0.4, 0.5) is 0 Å². The average Bonchev–Trinajstić information content (AvgIpc) is 2.42. The van der Waals surface area contributed by atoms with E-state index < -0.39 is 0 Å². The molecule has 0 saturated heterocycles. The first-order valence-corrected chi connectivity index (χ1v) is 5.46. The van der Waals surface area contributed by atoms with Crippen molar-refractivity contribution in [2.45, 2.75) is 13.8 Å². The van der Waals surface area contributed by atoms with Crippen molar-refractivity contribution < 1.29 is 0 Å². The molecule has 0 amide bonds. The van der Waals surface area contributed by atoms with Gasteiger partial charge in [0.2, 0.25) is 0 Å². The molecule has 0 radical (unpaired) electrons. The molecule has 2 rings (SSSR count). The lowest BCUT2D eigenvalue weighted by Crippen LogP contribution is -1.78. The summed E-state index contributed by atoms with van der Waals surface area (Å²) in [6.07, 6.45) is 0. The first-order valence-electron chi connectivity index (χ1n) is 5.46. The minimum atomic E-state index is 0.700. The maximum atomic E-state index is 8.76. The number of hydrogen-bond acceptors (Lipinski definition) is 1. The van der Waals surface area contributed by atoms with Crippen molar-refractivity contribution in [3.05, 3.63) is 60.2 Å². The Bertz CT molecular complexity index is 466. The van der Waals surface area contributed by atoms with Gasteiger partial charge in [0.25, 0.3) is 0 Å². The molecule has 2 aromatic rings. The highest BCUT2D eigenvalue weighted by Crippen LogP contribution is 2.19. The number of rotatable bonds is 1. The van der Waals surface area contributed by atoms with Gasteiger partial charge in [-0.05, 0) is 23.3 Å². The van der Waals surface area contributed by atoms with Crippen LogP contribution < -0.4 is 0 Å². The summed E-state index contributed by atoms with van der Waals surface area (Å²) in [5.74, 6) is 0. The topological polar surface area (TPSA) is 23.8 Å². The number of nitriles is 1. The summed E-state index contributed by atoms with van der Waals surface area (Å²) >= 11 is 0. The first kappa shape index (κ1) is 12.0. The molecule has 0 aliphatic heterocycles. The molecule has 80 valence electrons. The van der Waals surface area contributed by atoms with Gasteiger partial charge < -0.3 is 0 Å². The zero-order valence-electron chi connectivity index (χ0n) is 9.64. The van der Waals surface area contributed by atoms with Gasteiger partial charge in [0.1, 0.15) is 0 Å². The molecular formula is C15H15N. The molecule has 0 atom stereocenters. The van der Waals surface area contributed by atoms with Crippen LogP contribution in [0.25, 0.3) is 11.1 Å². The molecule has 0 aliphatic carbocycles. The van der Waals surface area contributed by atoms with Crippen LogP contribution in [0.15, 0.2) is 54.6 Å². The molecule has 0 aliphatic rings. The maximum absolute atomic E-state index is 8.76. The predicted octanol–water partition coefficient (Wildman–Crippen LogP) is 4.25. The van der Waals surface area contributed by atoms with E-state index in [-0.39, 0.29) is 0 Å². The lowest BCUT2D eigenvalue weighted by Gasteiger charge is -2.00. The van der Waals surface area contributed by atoms with Gasteiger partial charge in [-0.2, -0.15) is 5.26 Å². The Morgan fingerprint density at radius 2 is 1.44 bits per heavy atom. The van der Waals surface area contributed by atoms with Gasteiger partial charge in [-0.1, -0.05) is 56.3 Å². The molecule has 1 heteroatoms. The first-order chi connectivity index (χ1) is 7.90. The second-order valence-electron chi connectivity index (χ2n) is 3.06. The molecule has 1 nitrogen and oxygen atoms in total. The van der Waals surface area contributed by atoms with Crippen LogP contribution >= 0.6 is 0 Å². The van der Waals surface area contributed by atoms with E-state index in [9.17, 15) is 0 Å². The predicted molar refractivity (Wildman–Crippen MR) is 67.9 cm³/mol. The number of benzene rings is 2. The highest BCUT2D eigenvalue weighted by atomic mass is 14.2. The van der Waals surface area contributed by atoms with Gasteiger partial charge in [-0.3, -0.25) is 0 Å². The van der Waals surface area contributed by atoms with Crippen LogP contribution in [0.2, 0.25) is 0 Å². The lowest BCUT2D eigenvalue weighted by molar-refractivity contribution is 1.48. The van der Waals surface area contributed by atoms with Crippen LogP contribution in [-0.4, -0.2) is 0 Å². The van der Waals surface area contributed by atoms with Crippen LogP contribution in [0.3, 0.4) is 0 Å². The molecule has 0 fully saturated rings. The van der Waals surface area contributed by atoms with Gasteiger partial charge >= 0.3 is 0 Å². The normalized spacial score (nSPS) is 8.56. The zero-order valence-corrected chi connectivity index (χ0v) is 9.64. The largest absolute Gasteiger partial charge is 0.192 e. The molecule has 0 bridgehead atoms. The van der Waals surface area contributed by atoms with E-state index in [1.54, 1.807) is 0 Å². The van der Waals surface area contributed by atoms with Crippen molar-refractivity contribution in [1.29, 1.82) is 5.26 Å². The quantitative estimate of drug-likeness (QED) is 0.688. The van der Waals surface area contributed by atoms with E-state index in [1.165, 1.54) is 0 Å². The van der Waals surface area contributed by atoms with Gasteiger partial charge in [0.05, 0.1) is 11.6 Å². The summed E-state index contributed by atoms with van der Waals surface area (Å²) in [6, 6.07) is 19.8. The Kier molecular flexibility index (Phi) is 4.82. The second-order valence-corrected chi connectivity index (χ2v) is 3.06. The second kappa shape index (κ2) is 6.42. The smallest absolute Gasteiger partial charge is 0.0991 e. The van der Waals surface area contributed by atoms with Crippen molar-refractivity contribution in [2.24, 2.45) is 0 Å². The molecule has 16 heavy (non-hydrogen) atoms. The average molecular weight is 209 g/mol. The Labute approximate surface area is 97.0 Å². The third kappa shape index (κ3) is 2.96. The minimum absolute atomic E-state index is 0.700. The Balaban J connectivity index is 0.000000606. The maximum Gasteiger partial charge on any atom is 0.0991 e. The summed E-state index contributed by atoms with van der Waals surface area (Å²) in [4.78, 5) is 0.